The summed E-state index contributed by atoms with van der Waals surface area (Å²) < 4.78 is 10.7. The molecule has 1 aliphatic heterocycles. The van der Waals surface area contributed by atoms with Crippen molar-refractivity contribution in [1.82, 2.24) is 4.90 Å². The fourth-order valence-electron chi connectivity index (χ4n) is 1.76. The van der Waals surface area contributed by atoms with Crippen LogP contribution in [0.4, 0.5) is 4.79 Å². The first-order valence-corrected chi connectivity index (χ1v) is 6.31. The number of nitrogens with two attached hydrogens (primary N) is 1. The summed E-state index contributed by atoms with van der Waals surface area (Å²) in [5, 5.41) is 9.82. The number of nitrogens with zero attached hydrogens (tertiary/aromatic N) is 1. The molecule has 1 saturated heterocycles. The minimum absolute atomic E-state index is 0.343. The van der Waals surface area contributed by atoms with Crippen LogP contribution in [-0.2, 0) is 9.47 Å². The van der Waals surface area contributed by atoms with Gasteiger partial charge in [-0.25, -0.2) is 4.79 Å². The third-order valence-electron chi connectivity index (χ3n) is 2.64. The average Bonchev–Trinajstić information content (AvgIpc) is 2.27. The molecule has 6 heteroatoms. The van der Waals surface area contributed by atoms with E-state index in [1.807, 2.05) is 20.8 Å². The van der Waals surface area contributed by atoms with Crippen LogP contribution in [-0.4, -0.2) is 60.1 Å². The van der Waals surface area contributed by atoms with E-state index < -0.39 is 11.7 Å². The normalized spacial score (nSPS) is 22.7. The van der Waals surface area contributed by atoms with Crippen molar-refractivity contribution in [3.05, 3.63) is 0 Å². The van der Waals surface area contributed by atoms with Crippen molar-refractivity contribution in [3.63, 3.8) is 0 Å². The molecule has 0 aromatic heterocycles. The van der Waals surface area contributed by atoms with Crippen molar-refractivity contribution in [2.24, 2.45) is 5.73 Å². The molecule has 0 aliphatic carbocycles. The van der Waals surface area contributed by atoms with Gasteiger partial charge < -0.3 is 25.2 Å². The number of hydrogen-bond acceptors (Lipinski definition) is 5. The molecule has 18 heavy (non-hydrogen) atoms. The van der Waals surface area contributed by atoms with Crippen LogP contribution in [0.25, 0.3) is 0 Å². The van der Waals surface area contributed by atoms with Gasteiger partial charge in [-0.15, -0.1) is 0 Å². The number of rotatable bonds is 3. The molecule has 0 aromatic carbocycles. The molecular weight excluding hydrogens is 236 g/mol. The van der Waals surface area contributed by atoms with Gasteiger partial charge in [0.15, 0.2) is 0 Å². The molecule has 1 heterocycles. The van der Waals surface area contributed by atoms with E-state index in [9.17, 15) is 9.90 Å². The first-order valence-electron chi connectivity index (χ1n) is 6.31. The average molecular weight is 260 g/mol. The molecule has 0 bridgehead atoms. The Bertz CT molecular complexity index is 278. The van der Waals surface area contributed by atoms with Crippen molar-refractivity contribution < 1.29 is 19.4 Å². The molecule has 2 atom stereocenters. The van der Waals surface area contributed by atoms with Gasteiger partial charge in [-0.2, -0.15) is 0 Å². The molecular formula is C12H24N2O4. The molecule has 0 radical (unpaired) electrons. The lowest BCUT2D eigenvalue weighted by Crippen LogP contribution is -2.51. The lowest BCUT2D eigenvalue weighted by atomic mass is 10.1. The molecule has 0 spiro atoms. The monoisotopic (exact) mass is 260 g/mol. The predicted octanol–water partition coefficient (Wildman–Crippen LogP) is 0.332. The number of amides is 1. The van der Waals surface area contributed by atoms with Crippen LogP contribution in [0.2, 0.25) is 0 Å². The maximum Gasteiger partial charge on any atom is 0.410 e. The SMILES string of the molecule is CC(C)(C)OC(=O)N1CCOC([C@@H](O)CCN)C1. The Morgan fingerprint density at radius 1 is 1.61 bits per heavy atom. The minimum Gasteiger partial charge on any atom is -0.444 e. The third-order valence-corrected chi connectivity index (χ3v) is 2.64. The number of morpholine rings is 1. The fourth-order valence-corrected chi connectivity index (χ4v) is 1.76. The summed E-state index contributed by atoms with van der Waals surface area (Å²) in [6, 6.07) is 0. The summed E-state index contributed by atoms with van der Waals surface area (Å²) in [4.78, 5) is 13.5. The zero-order valence-electron chi connectivity index (χ0n) is 11.4. The van der Waals surface area contributed by atoms with Gasteiger partial charge in [0, 0.05) is 6.54 Å². The second-order valence-electron chi connectivity index (χ2n) is 5.48. The van der Waals surface area contributed by atoms with E-state index in [1.165, 1.54) is 0 Å². The molecule has 1 unspecified atom stereocenters. The summed E-state index contributed by atoms with van der Waals surface area (Å²) in [7, 11) is 0. The Hall–Kier alpha value is -0.850. The molecule has 1 aliphatic rings. The lowest BCUT2D eigenvalue weighted by Gasteiger charge is -2.36. The summed E-state index contributed by atoms with van der Waals surface area (Å²) in [5.41, 5.74) is 4.88. The van der Waals surface area contributed by atoms with Gasteiger partial charge in [0.2, 0.25) is 0 Å². The van der Waals surface area contributed by atoms with E-state index in [-0.39, 0.29) is 12.2 Å². The summed E-state index contributed by atoms with van der Waals surface area (Å²) in [6.45, 7) is 7.11. The topological polar surface area (TPSA) is 85.0 Å². The number of hydrogen-bond donors (Lipinski definition) is 2. The lowest BCUT2D eigenvalue weighted by molar-refractivity contribution is -0.0903. The van der Waals surface area contributed by atoms with Crippen LogP contribution in [0.5, 0.6) is 0 Å². The van der Waals surface area contributed by atoms with Gasteiger partial charge in [0.05, 0.1) is 19.3 Å². The van der Waals surface area contributed by atoms with Gasteiger partial charge in [-0.05, 0) is 33.7 Å². The number of carbonyl (C=O) groups is 1. The quantitative estimate of drug-likeness (QED) is 0.764. The number of aliphatic hydroxyl groups excluding tert-OH is 1. The van der Waals surface area contributed by atoms with Crippen LogP contribution in [0.15, 0.2) is 0 Å². The van der Waals surface area contributed by atoms with E-state index >= 15 is 0 Å². The smallest absolute Gasteiger partial charge is 0.410 e. The highest BCUT2D eigenvalue weighted by Gasteiger charge is 2.31. The second kappa shape index (κ2) is 6.36. The van der Waals surface area contributed by atoms with E-state index in [2.05, 4.69) is 0 Å². The maximum atomic E-state index is 11.9. The second-order valence-corrected chi connectivity index (χ2v) is 5.48. The molecule has 1 rings (SSSR count). The van der Waals surface area contributed by atoms with Gasteiger partial charge in [0.1, 0.15) is 11.7 Å². The molecule has 3 N–H and O–H groups in total. The van der Waals surface area contributed by atoms with E-state index in [1.54, 1.807) is 4.90 Å². The van der Waals surface area contributed by atoms with Gasteiger partial charge in [-0.1, -0.05) is 0 Å². The molecule has 0 saturated carbocycles. The Morgan fingerprint density at radius 3 is 2.83 bits per heavy atom. The number of aliphatic hydroxyl groups is 1. The highest BCUT2D eigenvalue weighted by molar-refractivity contribution is 5.68. The summed E-state index contributed by atoms with van der Waals surface area (Å²) >= 11 is 0. The molecule has 6 nitrogen and oxygen atoms in total. The standard InChI is InChI=1S/C12H24N2O4/c1-12(2,3)18-11(16)14-6-7-17-10(8-14)9(15)4-5-13/h9-10,15H,4-8,13H2,1-3H3/t9-,10?/m0/s1. The van der Waals surface area contributed by atoms with E-state index in [0.29, 0.717) is 32.7 Å². The zero-order chi connectivity index (χ0) is 13.8. The first-order chi connectivity index (χ1) is 8.33. The van der Waals surface area contributed by atoms with Crippen molar-refractivity contribution in [2.75, 3.05) is 26.2 Å². The van der Waals surface area contributed by atoms with Crippen molar-refractivity contribution in [1.29, 1.82) is 0 Å². The van der Waals surface area contributed by atoms with Gasteiger partial charge in [-0.3, -0.25) is 0 Å². The number of ether oxygens (including phenoxy) is 2. The fraction of sp³-hybridized carbons (Fsp3) is 0.917. The third kappa shape index (κ3) is 4.80. The van der Waals surface area contributed by atoms with Crippen LogP contribution >= 0.6 is 0 Å². The minimum atomic E-state index is -0.639. The van der Waals surface area contributed by atoms with Crippen LogP contribution in [0.1, 0.15) is 27.2 Å². The first kappa shape index (κ1) is 15.2. The predicted molar refractivity (Wildman–Crippen MR) is 67.2 cm³/mol. The van der Waals surface area contributed by atoms with Crippen molar-refractivity contribution in [2.45, 2.75) is 45.0 Å². The summed E-state index contributed by atoms with van der Waals surface area (Å²) in [5.74, 6) is 0. The zero-order valence-corrected chi connectivity index (χ0v) is 11.4. The molecule has 1 fully saturated rings. The largest absolute Gasteiger partial charge is 0.444 e. The van der Waals surface area contributed by atoms with Crippen molar-refractivity contribution >= 4 is 6.09 Å². The Balaban J connectivity index is 2.50. The Morgan fingerprint density at radius 2 is 2.28 bits per heavy atom. The Labute approximate surface area is 108 Å². The Kier molecular flexibility index (Phi) is 5.37. The molecule has 1 amide bonds. The van der Waals surface area contributed by atoms with Crippen LogP contribution in [0.3, 0.4) is 0 Å². The number of carbonyl (C=O) groups excluding carboxylic acids is 1. The van der Waals surface area contributed by atoms with E-state index in [4.69, 9.17) is 15.2 Å². The van der Waals surface area contributed by atoms with Gasteiger partial charge >= 0.3 is 6.09 Å². The van der Waals surface area contributed by atoms with E-state index in [0.717, 1.165) is 0 Å². The van der Waals surface area contributed by atoms with Crippen molar-refractivity contribution in [3.8, 4) is 0 Å². The van der Waals surface area contributed by atoms with Crippen LogP contribution in [0, 0.1) is 0 Å². The highest BCUT2D eigenvalue weighted by Crippen LogP contribution is 2.15. The van der Waals surface area contributed by atoms with Gasteiger partial charge in [0.25, 0.3) is 0 Å². The molecule has 0 aromatic rings. The van der Waals surface area contributed by atoms with Crippen LogP contribution < -0.4 is 5.73 Å². The highest BCUT2D eigenvalue weighted by atomic mass is 16.6. The molecule has 106 valence electrons. The maximum absolute atomic E-state index is 11.9. The summed E-state index contributed by atoms with van der Waals surface area (Å²) in [6.07, 6.45) is -0.918.